The number of hydrogen-bond acceptors (Lipinski definition) is 0. The summed E-state index contributed by atoms with van der Waals surface area (Å²) in [6.45, 7) is 4.39. The van der Waals surface area contributed by atoms with Crippen LogP contribution in [0, 0.1) is 17.8 Å². The summed E-state index contributed by atoms with van der Waals surface area (Å²) in [6.07, 6.45) is 14.4. The monoisotopic (exact) mass is 190 g/mol. The maximum Gasteiger partial charge on any atom is -0.0199 e. The summed E-state index contributed by atoms with van der Waals surface area (Å²) in [5, 5.41) is 0. The number of unbranched alkanes of at least 4 members (excludes halogenated alkanes) is 1. The summed E-state index contributed by atoms with van der Waals surface area (Å²) < 4.78 is 0. The first-order valence-corrected chi connectivity index (χ1v) is 6.07. The van der Waals surface area contributed by atoms with Gasteiger partial charge in [0.2, 0.25) is 0 Å². The Morgan fingerprint density at radius 1 is 1.29 bits per heavy atom. The molecule has 2 aliphatic rings. The van der Waals surface area contributed by atoms with E-state index in [1.54, 1.807) is 0 Å². The lowest BCUT2D eigenvalue weighted by Gasteiger charge is -2.17. The lowest BCUT2D eigenvalue weighted by atomic mass is 9.89. The number of fused-ring (bicyclic) bond motifs is 2. The Morgan fingerprint density at radius 3 is 2.71 bits per heavy atom. The van der Waals surface area contributed by atoms with Crippen LogP contribution in [-0.2, 0) is 0 Å². The standard InChI is InChI=1S/C14H22/c1-11(2)5-3-4-6-13-9-12-7-8-14(13)10-12/h5,7-8,12-14H,3-4,6,9-10H2,1-2H3. The first kappa shape index (κ1) is 10.0. The van der Waals surface area contributed by atoms with Gasteiger partial charge in [0.25, 0.3) is 0 Å². The zero-order valence-corrected chi connectivity index (χ0v) is 9.50. The van der Waals surface area contributed by atoms with Crippen LogP contribution in [0.15, 0.2) is 23.8 Å². The Kier molecular flexibility index (Phi) is 3.10. The first-order valence-electron chi connectivity index (χ1n) is 6.07. The van der Waals surface area contributed by atoms with E-state index in [0.717, 1.165) is 17.8 Å². The van der Waals surface area contributed by atoms with Gasteiger partial charge in [-0.3, -0.25) is 0 Å². The van der Waals surface area contributed by atoms with Crippen molar-refractivity contribution in [2.24, 2.45) is 17.8 Å². The molecule has 3 atom stereocenters. The molecule has 1 saturated carbocycles. The van der Waals surface area contributed by atoms with Crippen molar-refractivity contribution in [3.63, 3.8) is 0 Å². The summed E-state index contributed by atoms with van der Waals surface area (Å²) in [5.41, 5.74) is 1.47. The Hall–Kier alpha value is -0.520. The highest BCUT2D eigenvalue weighted by Crippen LogP contribution is 2.45. The molecule has 0 aromatic rings. The van der Waals surface area contributed by atoms with Crippen LogP contribution in [0.4, 0.5) is 0 Å². The Morgan fingerprint density at radius 2 is 2.14 bits per heavy atom. The maximum atomic E-state index is 2.47. The van der Waals surface area contributed by atoms with Crippen molar-refractivity contribution in [3.8, 4) is 0 Å². The third-order valence-electron chi connectivity index (χ3n) is 3.75. The van der Waals surface area contributed by atoms with Crippen molar-refractivity contribution in [1.82, 2.24) is 0 Å². The molecule has 0 N–H and O–H groups in total. The highest BCUT2D eigenvalue weighted by atomic mass is 14.4. The second-order valence-electron chi connectivity index (χ2n) is 5.25. The lowest BCUT2D eigenvalue weighted by molar-refractivity contribution is 0.405. The van der Waals surface area contributed by atoms with Gasteiger partial charge in [-0.05, 0) is 63.7 Å². The summed E-state index contributed by atoms with van der Waals surface area (Å²) in [5.74, 6) is 2.93. The molecule has 0 saturated heterocycles. The fourth-order valence-corrected chi connectivity index (χ4v) is 3.00. The fraction of sp³-hybridized carbons (Fsp3) is 0.714. The van der Waals surface area contributed by atoms with Crippen molar-refractivity contribution in [2.45, 2.75) is 46.0 Å². The van der Waals surface area contributed by atoms with Crippen LogP contribution >= 0.6 is 0 Å². The van der Waals surface area contributed by atoms with E-state index in [9.17, 15) is 0 Å². The Labute approximate surface area is 88.1 Å². The van der Waals surface area contributed by atoms with Crippen LogP contribution in [-0.4, -0.2) is 0 Å². The third-order valence-corrected chi connectivity index (χ3v) is 3.75. The molecule has 0 heteroatoms. The molecule has 14 heavy (non-hydrogen) atoms. The quantitative estimate of drug-likeness (QED) is 0.457. The Balaban J connectivity index is 1.67. The molecule has 0 nitrogen and oxygen atoms in total. The molecule has 2 aliphatic carbocycles. The van der Waals surface area contributed by atoms with E-state index in [-0.39, 0.29) is 0 Å². The smallest absolute Gasteiger partial charge is 0.0199 e. The van der Waals surface area contributed by atoms with E-state index >= 15 is 0 Å². The molecule has 2 rings (SSSR count). The largest absolute Gasteiger partial charge is 0.0859 e. The predicted molar refractivity (Wildman–Crippen MR) is 62.1 cm³/mol. The van der Waals surface area contributed by atoms with E-state index in [4.69, 9.17) is 0 Å². The summed E-state index contributed by atoms with van der Waals surface area (Å²) in [7, 11) is 0. The minimum Gasteiger partial charge on any atom is -0.0859 e. The second-order valence-corrected chi connectivity index (χ2v) is 5.25. The van der Waals surface area contributed by atoms with Gasteiger partial charge in [-0.15, -0.1) is 0 Å². The van der Waals surface area contributed by atoms with Crippen LogP contribution in [0.5, 0.6) is 0 Å². The molecule has 0 amide bonds. The van der Waals surface area contributed by atoms with Gasteiger partial charge < -0.3 is 0 Å². The van der Waals surface area contributed by atoms with Crippen molar-refractivity contribution >= 4 is 0 Å². The van der Waals surface area contributed by atoms with Gasteiger partial charge in [-0.25, -0.2) is 0 Å². The van der Waals surface area contributed by atoms with E-state index in [1.807, 2.05) is 0 Å². The van der Waals surface area contributed by atoms with E-state index in [2.05, 4.69) is 32.1 Å². The lowest BCUT2D eigenvalue weighted by Crippen LogP contribution is -2.06. The first-order chi connectivity index (χ1) is 6.75. The normalized spacial score (nSPS) is 33.7. The zero-order chi connectivity index (χ0) is 9.97. The van der Waals surface area contributed by atoms with Crippen LogP contribution in [0.25, 0.3) is 0 Å². The topological polar surface area (TPSA) is 0 Å². The highest BCUT2D eigenvalue weighted by Gasteiger charge is 2.34. The van der Waals surface area contributed by atoms with Crippen LogP contribution in [0.1, 0.15) is 46.0 Å². The van der Waals surface area contributed by atoms with Crippen LogP contribution < -0.4 is 0 Å². The minimum atomic E-state index is 0.951. The molecular weight excluding hydrogens is 168 g/mol. The molecule has 2 bridgehead atoms. The van der Waals surface area contributed by atoms with Crippen molar-refractivity contribution in [2.75, 3.05) is 0 Å². The minimum absolute atomic E-state index is 0.951. The average Bonchev–Trinajstić information content (AvgIpc) is 2.73. The fourth-order valence-electron chi connectivity index (χ4n) is 3.00. The third kappa shape index (κ3) is 2.29. The number of rotatable bonds is 4. The molecule has 78 valence electrons. The van der Waals surface area contributed by atoms with Crippen LogP contribution in [0.3, 0.4) is 0 Å². The van der Waals surface area contributed by atoms with Crippen molar-refractivity contribution in [1.29, 1.82) is 0 Å². The van der Waals surface area contributed by atoms with Gasteiger partial charge in [0.15, 0.2) is 0 Å². The maximum absolute atomic E-state index is 2.47. The summed E-state index contributed by atoms with van der Waals surface area (Å²) in [6, 6.07) is 0. The van der Waals surface area contributed by atoms with Gasteiger partial charge in [-0.2, -0.15) is 0 Å². The molecule has 0 aromatic heterocycles. The Bertz CT molecular complexity index is 243. The van der Waals surface area contributed by atoms with E-state index in [1.165, 1.54) is 37.7 Å². The van der Waals surface area contributed by atoms with Gasteiger partial charge in [0.1, 0.15) is 0 Å². The molecule has 0 heterocycles. The summed E-state index contributed by atoms with van der Waals surface area (Å²) in [4.78, 5) is 0. The summed E-state index contributed by atoms with van der Waals surface area (Å²) >= 11 is 0. The van der Waals surface area contributed by atoms with Crippen molar-refractivity contribution in [3.05, 3.63) is 23.8 Å². The number of allylic oxidation sites excluding steroid dienone is 4. The molecule has 1 fully saturated rings. The molecule has 0 radical (unpaired) electrons. The molecular formula is C14H22. The van der Waals surface area contributed by atoms with E-state index in [0.29, 0.717) is 0 Å². The zero-order valence-electron chi connectivity index (χ0n) is 9.50. The second kappa shape index (κ2) is 4.33. The molecule has 3 unspecified atom stereocenters. The predicted octanol–water partition coefficient (Wildman–Crippen LogP) is 4.34. The van der Waals surface area contributed by atoms with Gasteiger partial charge in [-0.1, -0.05) is 23.8 Å². The SMILES string of the molecule is CC(C)=CCCCC1CC2C=CC1C2. The van der Waals surface area contributed by atoms with Gasteiger partial charge in [0, 0.05) is 0 Å². The van der Waals surface area contributed by atoms with E-state index < -0.39 is 0 Å². The molecule has 0 aliphatic heterocycles. The average molecular weight is 190 g/mol. The van der Waals surface area contributed by atoms with Gasteiger partial charge in [0.05, 0.1) is 0 Å². The van der Waals surface area contributed by atoms with Gasteiger partial charge >= 0.3 is 0 Å². The van der Waals surface area contributed by atoms with Crippen molar-refractivity contribution < 1.29 is 0 Å². The van der Waals surface area contributed by atoms with Crippen LogP contribution in [0.2, 0.25) is 0 Å². The molecule has 0 spiro atoms. The highest BCUT2D eigenvalue weighted by molar-refractivity contribution is 5.09. The number of hydrogen-bond donors (Lipinski definition) is 0. The molecule has 0 aromatic carbocycles.